The normalized spacial score (nSPS) is 13.0. The van der Waals surface area contributed by atoms with Crippen molar-refractivity contribution < 1.29 is 20.1 Å². The molecular formula is C16H17N3O4. The van der Waals surface area contributed by atoms with Crippen LogP contribution in [0.15, 0.2) is 53.6 Å². The van der Waals surface area contributed by atoms with E-state index < -0.39 is 12.2 Å². The summed E-state index contributed by atoms with van der Waals surface area (Å²) in [5.74, 6) is 0.128. The summed E-state index contributed by atoms with van der Waals surface area (Å²) < 4.78 is 5.55. The van der Waals surface area contributed by atoms with E-state index in [4.69, 9.17) is 10.3 Å². The molecule has 0 saturated carbocycles. The molecule has 0 fully saturated rings. The first-order chi connectivity index (χ1) is 11.1. The number of aromatic hydroxyl groups is 1. The minimum atomic E-state index is -1.25. The maximum atomic E-state index is 10.0. The number of hydrogen-bond acceptors (Lipinski definition) is 5. The molecule has 2 aromatic rings. The fraction of sp³-hybridized carbons (Fsp3) is 0.250. The first kappa shape index (κ1) is 16.6. The third kappa shape index (κ3) is 4.62. The highest BCUT2D eigenvalue weighted by atomic mass is 16.5. The van der Waals surface area contributed by atoms with Gasteiger partial charge in [-0.15, -0.1) is 0 Å². The van der Waals surface area contributed by atoms with Crippen molar-refractivity contribution in [2.75, 3.05) is 6.54 Å². The Morgan fingerprint density at radius 3 is 2.57 bits per heavy atom. The number of nitrogens with zero attached hydrogens (tertiary/aromatic N) is 3. The van der Waals surface area contributed by atoms with E-state index in [0.717, 1.165) is 5.56 Å². The lowest BCUT2D eigenvalue weighted by molar-refractivity contribution is 0.0242. The molecule has 0 aromatic heterocycles. The summed E-state index contributed by atoms with van der Waals surface area (Å²) in [5, 5.41) is 32.9. The van der Waals surface area contributed by atoms with Crippen molar-refractivity contribution in [3.63, 3.8) is 0 Å². The van der Waals surface area contributed by atoms with Crippen LogP contribution in [0.4, 0.5) is 0 Å². The second-order valence-electron chi connectivity index (χ2n) is 4.93. The Morgan fingerprint density at radius 2 is 1.87 bits per heavy atom. The smallest absolute Gasteiger partial charge is 0.161 e. The Morgan fingerprint density at radius 1 is 1.13 bits per heavy atom. The highest BCUT2D eigenvalue weighted by Crippen LogP contribution is 2.31. The van der Waals surface area contributed by atoms with Crippen LogP contribution in [-0.4, -0.2) is 28.0 Å². The Hall–Kier alpha value is -2.73. The zero-order chi connectivity index (χ0) is 16.7. The van der Waals surface area contributed by atoms with Gasteiger partial charge in [-0.2, -0.15) is 0 Å². The largest absolute Gasteiger partial charge is 0.504 e. The molecule has 7 heteroatoms. The molecule has 0 heterocycles. The molecule has 0 amide bonds. The van der Waals surface area contributed by atoms with Gasteiger partial charge in [0, 0.05) is 4.91 Å². The molecule has 7 nitrogen and oxygen atoms in total. The molecule has 0 saturated heterocycles. The monoisotopic (exact) mass is 315 g/mol. The summed E-state index contributed by atoms with van der Waals surface area (Å²) >= 11 is 0. The number of aliphatic hydroxyl groups is 2. The predicted octanol–water partition coefficient (Wildman–Crippen LogP) is 2.68. The van der Waals surface area contributed by atoms with Crippen molar-refractivity contribution >= 4 is 0 Å². The highest BCUT2D eigenvalue weighted by Gasteiger charge is 2.19. The van der Waals surface area contributed by atoms with Crippen LogP contribution in [0.5, 0.6) is 11.5 Å². The molecule has 0 aliphatic rings. The van der Waals surface area contributed by atoms with E-state index in [1.807, 2.05) is 30.3 Å². The summed E-state index contributed by atoms with van der Waals surface area (Å²) in [7, 11) is 0. The maximum absolute atomic E-state index is 10.0. The van der Waals surface area contributed by atoms with Crippen molar-refractivity contribution in [3.8, 4) is 11.5 Å². The number of phenolic OH excluding ortho intramolecular Hbond substituents is 1. The van der Waals surface area contributed by atoms with Crippen molar-refractivity contribution in [2.24, 2.45) is 5.11 Å². The van der Waals surface area contributed by atoms with Gasteiger partial charge in [0.2, 0.25) is 0 Å². The minimum absolute atomic E-state index is 0.0681. The second kappa shape index (κ2) is 8.05. The van der Waals surface area contributed by atoms with Crippen LogP contribution < -0.4 is 4.74 Å². The van der Waals surface area contributed by atoms with Gasteiger partial charge in [-0.05, 0) is 28.8 Å². The molecular weight excluding hydrogens is 298 g/mol. The molecule has 2 aromatic carbocycles. The number of ether oxygens (including phenoxy) is 1. The second-order valence-corrected chi connectivity index (χ2v) is 4.93. The summed E-state index contributed by atoms with van der Waals surface area (Å²) in [5.41, 5.74) is 9.52. The Bertz CT molecular complexity index is 687. The third-order valence-electron chi connectivity index (χ3n) is 3.26. The van der Waals surface area contributed by atoms with E-state index >= 15 is 0 Å². The maximum Gasteiger partial charge on any atom is 0.161 e. The Balaban J connectivity index is 2.10. The van der Waals surface area contributed by atoms with E-state index in [9.17, 15) is 15.3 Å². The molecule has 0 radical (unpaired) electrons. The molecule has 0 aliphatic carbocycles. The van der Waals surface area contributed by atoms with Gasteiger partial charge >= 0.3 is 0 Å². The van der Waals surface area contributed by atoms with Crippen LogP contribution >= 0.6 is 0 Å². The topological polar surface area (TPSA) is 119 Å². The van der Waals surface area contributed by atoms with E-state index in [0.29, 0.717) is 5.56 Å². The summed E-state index contributed by atoms with van der Waals surface area (Å²) in [6.45, 7) is 0.00791. The molecule has 2 atom stereocenters. The highest BCUT2D eigenvalue weighted by molar-refractivity contribution is 5.42. The Labute approximate surface area is 133 Å². The van der Waals surface area contributed by atoms with Gasteiger partial charge in [-0.3, -0.25) is 0 Å². The fourth-order valence-electron chi connectivity index (χ4n) is 2.01. The van der Waals surface area contributed by atoms with Crippen LogP contribution in [0.1, 0.15) is 17.2 Å². The van der Waals surface area contributed by atoms with Crippen molar-refractivity contribution in [2.45, 2.75) is 18.8 Å². The van der Waals surface area contributed by atoms with Gasteiger partial charge in [-0.25, -0.2) is 0 Å². The van der Waals surface area contributed by atoms with E-state index in [1.165, 1.54) is 18.2 Å². The third-order valence-corrected chi connectivity index (χ3v) is 3.26. The molecule has 3 N–H and O–H groups in total. The quantitative estimate of drug-likeness (QED) is 0.413. The fourth-order valence-corrected chi connectivity index (χ4v) is 2.01. The van der Waals surface area contributed by atoms with Crippen LogP contribution in [0, 0.1) is 0 Å². The zero-order valence-corrected chi connectivity index (χ0v) is 12.3. The first-order valence-electron chi connectivity index (χ1n) is 6.98. The Kier molecular flexibility index (Phi) is 5.82. The van der Waals surface area contributed by atoms with E-state index in [1.54, 1.807) is 0 Å². The summed E-state index contributed by atoms with van der Waals surface area (Å²) in [4.78, 5) is 2.54. The molecule has 0 aliphatic heterocycles. The van der Waals surface area contributed by atoms with E-state index in [-0.39, 0.29) is 24.7 Å². The standard InChI is InChI=1S/C16H17N3O4/c17-19-18-9-14(21)16(22)12-6-7-13(20)15(8-12)23-10-11-4-2-1-3-5-11/h1-8,14,16,20-22H,9-10H2. The van der Waals surface area contributed by atoms with Gasteiger partial charge in [0.15, 0.2) is 11.5 Å². The van der Waals surface area contributed by atoms with Crippen LogP contribution in [0.3, 0.4) is 0 Å². The van der Waals surface area contributed by atoms with Crippen LogP contribution in [0.2, 0.25) is 0 Å². The van der Waals surface area contributed by atoms with Gasteiger partial charge in [-0.1, -0.05) is 41.5 Å². The van der Waals surface area contributed by atoms with Gasteiger partial charge < -0.3 is 20.1 Å². The van der Waals surface area contributed by atoms with E-state index in [2.05, 4.69) is 10.0 Å². The van der Waals surface area contributed by atoms with Crippen molar-refractivity contribution in [1.82, 2.24) is 0 Å². The van der Waals surface area contributed by atoms with Crippen LogP contribution in [0.25, 0.3) is 10.4 Å². The number of phenols is 1. The number of aliphatic hydroxyl groups excluding tert-OH is 2. The van der Waals surface area contributed by atoms with Gasteiger partial charge in [0.05, 0.1) is 12.6 Å². The average Bonchev–Trinajstić information content (AvgIpc) is 2.59. The SMILES string of the molecule is [N-]=[N+]=NCC(O)C(O)c1ccc(O)c(OCc2ccccc2)c1. The summed E-state index contributed by atoms with van der Waals surface area (Å²) in [6.07, 6.45) is -2.49. The zero-order valence-electron chi connectivity index (χ0n) is 12.3. The number of rotatable bonds is 7. The number of benzene rings is 2. The first-order valence-corrected chi connectivity index (χ1v) is 6.98. The average molecular weight is 315 g/mol. The molecule has 120 valence electrons. The number of azide groups is 1. The molecule has 2 rings (SSSR count). The minimum Gasteiger partial charge on any atom is -0.504 e. The van der Waals surface area contributed by atoms with Gasteiger partial charge in [0.25, 0.3) is 0 Å². The lowest BCUT2D eigenvalue weighted by Gasteiger charge is -2.17. The lowest BCUT2D eigenvalue weighted by atomic mass is 10.0. The van der Waals surface area contributed by atoms with Crippen molar-refractivity contribution in [1.29, 1.82) is 0 Å². The summed E-state index contributed by atoms with van der Waals surface area (Å²) in [6, 6.07) is 13.7. The lowest BCUT2D eigenvalue weighted by Crippen LogP contribution is -2.21. The molecule has 23 heavy (non-hydrogen) atoms. The van der Waals surface area contributed by atoms with Crippen LogP contribution in [-0.2, 0) is 6.61 Å². The molecule has 2 unspecified atom stereocenters. The predicted molar refractivity (Wildman–Crippen MR) is 83.9 cm³/mol. The number of hydrogen-bond donors (Lipinski definition) is 3. The molecule has 0 spiro atoms. The van der Waals surface area contributed by atoms with Gasteiger partial charge in [0.1, 0.15) is 12.7 Å². The molecule has 0 bridgehead atoms. The van der Waals surface area contributed by atoms with Crippen molar-refractivity contribution in [3.05, 3.63) is 70.1 Å².